The molecule has 0 aromatic heterocycles. The van der Waals surface area contributed by atoms with Gasteiger partial charge in [-0.2, -0.15) is 0 Å². The van der Waals surface area contributed by atoms with Gasteiger partial charge in [0, 0.05) is 0 Å². The zero-order chi connectivity index (χ0) is 21.2. The molecule has 8 heteroatoms. The molecular formula is C21H19NO6S. The van der Waals surface area contributed by atoms with Gasteiger partial charge in [0.25, 0.3) is 15.9 Å². The molecular weight excluding hydrogens is 394 g/mol. The predicted molar refractivity (Wildman–Crippen MR) is 105 cm³/mol. The zero-order valence-electron chi connectivity index (χ0n) is 15.9. The van der Waals surface area contributed by atoms with Gasteiger partial charge in [-0.3, -0.25) is 9.59 Å². The SMILES string of the molecule is CCOC(=O)C(=Cc1ccccc1C)C(=O)CN1C(=O)c2ccccc2S1(=O)=O. The minimum absolute atomic E-state index is 0.000804. The van der Waals surface area contributed by atoms with Crippen LogP contribution in [-0.2, 0) is 24.3 Å². The Bertz CT molecular complexity index is 1130. The number of hydrogen-bond acceptors (Lipinski definition) is 6. The molecule has 2 aromatic carbocycles. The molecule has 0 aliphatic carbocycles. The van der Waals surface area contributed by atoms with Crippen LogP contribution in [0.25, 0.3) is 6.08 Å². The van der Waals surface area contributed by atoms with Crippen LogP contribution in [0.2, 0.25) is 0 Å². The zero-order valence-corrected chi connectivity index (χ0v) is 16.7. The third-order valence-electron chi connectivity index (χ3n) is 4.48. The van der Waals surface area contributed by atoms with Crippen molar-refractivity contribution in [3.63, 3.8) is 0 Å². The highest BCUT2D eigenvalue weighted by molar-refractivity contribution is 7.90. The lowest BCUT2D eigenvalue weighted by atomic mass is 10.0. The summed E-state index contributed by atoms with van der Waals surface area (Å²) < 4.78 is 30.8. The van der Waals surface area contributed by atoms with Crippen molar-refractivity contribution in [1.29, 1.82) is 0 Å². The summed E-state index contributed by atoms with van der Waals surface area (Å²) in [5.74, 6) is -2.49. The Morgan fingerprint density at radius 3 is 2.38 bits per heavy atom. The Morgan fingerprint density at radius 2 is 1.72 bits per heavy atom. The van der Waals surface area contributed by atoms with Gasteiger partial charge in [0.15, 0.2) is 5.78 Å². The van der Waals surface area contributed by atoms with Crippen LogP contribution in [0.5, 0.6) is 0 Å². The number of sulfonamides is 1. The highest BCUT2D eigenvalue weighted by Crippen LogP contribution is 2.30. The molecule has 0 bridgehead atoms. The Balaban J connectivity index is 1.97. The molecule has 1 amide bonds. The van der Waals surface area contributed by atoms with Crippen LogP contribution in [0.4, 0.5) is 0 Å². The van der Waals surface area contributed by atoms with E-state index in [2.05, 4.69) is 0 Å². The first-order valence-corrected chi connectivity index (χ1v) is 10.3. The van der Waals surface area contributed by atoms with E-state index < -0.39 is 34.2 Å². The maximum atomic E-state index is 12.9. The average Bonchev–Trinajstić information content (AvgIpc) is 2.88. The maximum Gasteiger partial charge on any atom is 0.341 e. The number of benzene rings is 2. The first-order valence-electron chi connectivity index (χ1n) is 8.91. The van der Waals surface area contributed by atoms with Crippen molar-refractivity contribution < 1.29 is 27.5 Å². The lowest BCUT2D eigenvalue weighted by molar-refractivity contribution is -0.139. The van der Waals surface area contributed by atoms with Crippen molar-refractivity contribution in [1.82, 2.24) is 4.31 Å². The molecule has 0 N–H and O–H groups in total. The third kappa shape index (κ3) is 3.84. The van der Waals surface area contributed by atoms with Crippen LogP contribution >= 0.6 is 0 Å². The molecule has 1 aliphatic heterocycles. The van der Waals surface area contributed by atoms with Crippen molar-refractivity contribution >= 4 is 33.8 Å². The van der Waals surface area contributed by atoms with E-state index in [1.807, 2.05) is 19.1 Å². The monoisotopic (exact) mass is 413 g/mol. The van der Waals surface area contributed by atoms with Crippen molar-refractivity contribution in [2.24, 2.45) is 0 Å². The molecule has 150 valence electrons. The number of amides is 1. The first kappa shape index (κ1) is 20.5. The van der Waals surface area contributed by atoms with Gasteiger partial charge in [0.2, 0.25) is 0 Å². The Kier molecular flexibility index (Phi) is 5.65. The van der Waals surface area contributed by atoms with Crippen molar-refractivity contribution in [2.75, 3.05) is 13.2 Å². The summed E-state index contributed by atoms with van der Waals surface area (Å²) in [6.45, 7) is 2.67. The third-order valence-corrected chi connectivity index (χ3v) is 6.27. The van der Waals surface area contributed by atoms with Gasteiger partial charge < -0.3 is 4.74 Å². The molecule has 0 atom stereocenters. The molecule has 1 aliphatic rings. The second-order valence-corrected chi connectivity index (χ2v) is 8.20. The van der Waals surface area contributed by atoms with E-state index in [-0.39, 0.29) is 22.6 Å². The summed E-state index contributed by atoms with van der Waals surface area (Å²) in [6.07, 6.45) is 1.36. The van der Waals surface area contributed by atoms with E-state index >= 15 is 0 Å². The van der Waals surface area contributed by atoms with Crippen LogP contribution in [0.15, 0.2) is 59.0 Å². The summed E-state index contributed by atoms with van der Waals surface area (Å²) in [5.41, 5.74) is 1.11. The van der Waals surface area contributed by atoms with E-state index in [4.69, 9.17) is 4.74 Å². The average molecular weight is 413 g/mol. The smallest absolute Gasteiger partial charge is 0.341 e. The summed E-state index contributed by atoms with van der Waals surface area (Å²) in [4.78, 5) is 37.6. The van der Waals surface area contributed by atoms with E-state index in [1.54, 1.807) is 25.1 Å². The molecule has 1 heterocycles. The van der Waals surface area contributed by atoms with Gasteiger partial charge in [0.1, 0.15) is 17.0 Å². The van der Waals surface area contributed by atoms with Crippen molar-refractivity contribution in [2.45, 2.75) is 18.7 Å². The fourth-order valence-electron chi connectivity index (χ4n) is 2.97. The van der Waals surface area contributed by atoms with Gasteiger partial charge >= 0.3 is 5.97 Å². The maximum absolute atomic E-state index is 12.9. The number of carbonyl (C=O) groups excluding carboxylic acids is 3. The van der Waals surface area contributed by atoms with Gasteiger partial charge in [-0.1, -0.05) is 36.4 Å². The van der Waals surface area contributed by atoms with Gasteiger partial charge in [-0.25, -0.2) is 17.5 Å². The minimum Gasteiger partial charge on any atom is -0.462 e. The fraction of sp³-hybridized carbons (Fsp3) is 0.190. The summed E-state index contributed by atoms with van der Waals surface area (Å²) >= 11 is 0. The highest BCUT2D eigenvalue weighted by atomic mass is 32.2. The van der Waals surface area contributed by atoms with Gasteiger partial charge in [0.05, 0.1) is 12.2 Å². The van der Waals surface area contributed by atoms with Crippen LogP contribution in [0.1, 0.15) is 28.4 Å². The molecule has 7 nitrogen and oxygen atoms in total. The number of ether oxygens (including phenoxy) is 1. The number of rotatable bonds is 6. The topological polar surface area (TPSA) is 97.8 Å². The largest absolute Gasteiger partial charge is 0.462 e. The molecule has 0 radical (unpaired) electrons. The summed E-state index contributed by atoms with van der Waals surface area (Å²) in [7, 11) is -4.16. The van der Waals surface area contributed by atoms with E-state index in [9.17, 15) is 22.8 Å². The molecule has 3 rings (SSSR count). The summed E-state index contributed by atoms with van der Waals surface area (Å²) in [5, 5.41) is 0. The van der Waals surface area contributed by atoms with Crippen molar-refractivity contribution in [3.05, 3.63) is 70.8 Å². The Morgan fingerprint density at radius 1 is 1.07 bits per heavy atom. The molecule has 29 heavy (non-hydrogen) atoms. The van der Waals surface area contributed by atoms with Crippen LogP contribution in [-0.4, -0.2) is 43.5 Å². The fourth-order valence-corrected chi connectivity index (χ4v) is 4.49. The summed E-state index contributed by atoms with van der Waals surface area (Å²) in [6, 6.07) is 12.8. The quantitative estimate of drug-likeness (QED) is 0.312. The van der Waals surface area contributed by atoms with Crippen LogP contribution in [0, 0.1) is 6.92 Å². The lowest BCUT2D eigenvalue weighted by Gasteiger charge is -2.15. The molecule has 0 spiro atoms. The molecule has 0 saturated carbocycles. The second-order valence-electron chi connectivity index (χ2n) is 6.37. The van der Waals surface area contributed by atoms with Crippen LogP contribution < -0.4 is 0 Å². The number of nitrogens with zero attached hydrogens (tertiary/aromatic N) is 1. The number of fused-ring (bicyclic) bond motifs is 1. The van der Waals surface area contributed by atoms with E-state index in [1.165, 1.54) is 24.3 Å². The number of hydrogen-bond donors (Lipinski definition) is 0. The predicted octanol–water partition coefficient (Wildman–Crippen LogP) is 2.36. The van der Waals surface area contributed by atoms with Crippen LogP contribution in [0.3, 0.4) is 0 Å². The minimum atomic E-state index is -4.16. The van der Waals surface area contributed by atoms with E-state index in [0.717, 1.165) is 5.56 Å². The Hall–Kier alpha value is -3.26. The number of esters is 1. The number of ketones is 1. The number of Topliss-reactive ketones (excluding diaryl/α,β-unsaturated/α-hetero) is 1. The number of carbonyl (C=O) groups is 3. The molecule has 2 aromatic rings. The first-order chi connectivity index (χ1) is 13.8. The van der Waals surface area contributed by atoms with E-state index in [0.29, 0.717) is 9.87 Å². The number of aryl methyl sites for hydroxylation is 1. The molecule has 0 fully saturated rings. The second kappa shape index (κ2) is 8.00. The molecule has 0 saturated heterocycles. The van der Waals surface area contributed by atoms with Crippen molar-refractivity contribution in [3.8, 4) is 0 Å². The Labute approximate surface area is 168 Å². The van der Waals surface area contributed by atoms with Gasteiger partial charge in [-0.05, 0) is 43.2 Å². The normalized spacial score (nSPS) is 15.2. The lowest BCUT2D eigenvalue weighted by Crippen LogP contribution is -2.36. The van der Waals surface area contributed by atoms with Gasteiger partial charge in [-0.15, -0.1) is 0 Å². The highest BCUT2D eigenvalue weighted by Gasteiger charge is 2.42. The standard InChI is InChI=1S/C21H19NO6S/c1-3-28-21(25)17(12-15-9-5-4-8-14(15)2)18(23)13-22-20(24)16-10-6-7-11-19(16)29(22,26)27/h4-12H,3,13H2,1-2H3. The molecule has 0 unspecified atom stereocenters.